The Morgan fingerprint density at radius 2 is 2.08 bits per heavy atom. The van der Waals surface area contributed by atoms with Crippen LogP contribution in [0.15, 0.2) is 18.2 Å². The fourth-order valence-corrected chi connectivity index (χ4v) is 2.61. The highest BCUT2D eigenvalue weighted by molar-refractivity contribution is 5.95. The molecule has 0 aliphatic carbocycles. The normalized spacial score (nSPS) is 17.2. The van der Waals surface area contributed by atoms with Gasteiger partial charge in [0.25, 0.3) is 11.8 Å². The zero-order chi connectivity index (χ0) is 17.7. The summed E-state index contributed by atoms with van der Waals surface area (Å²) in [6.45, 7) is 0.414. The number of hydrogen-bond donors (Lipinski definition) is 2. The van der Waals surface area contributed by atoms with Crippen molar-refractivity contribution in [3.05, 3.63) is 23.8 Å². The van der Waals surface area contributed by atoms with Gasteiger partial charge in [-0.3, -0.25) is 14.4 Å². The van der Waals surface area contributed by atoms with Crippen LogP contribution in [-0.4, -0.2) is 54.6 Å². The molecule has 0 saturated carbocycles. The second-order valence-corrected chi connectivity index (χ2v) is 5.55. The van der Waals surface area contributed by atoms with Gasteiger partial charge in [-0.25, -0.2) is 0 Å². The number of nitrogens with two attached hydrogens (primary N) is 1. The van der Waals surface area contributed by atoms with Crippen molar-refractivity contribution in [2.75, 3.05) is 26.8 Å². The van der Waals surface area contributed by atoms with E-state index in [1.165, 1.54) is 24.1 Å². The molecule has 0 aromatic heterocycles. The molecule has 8 heteroatoms. The molecule has 1 heterocycles. The summed E-state index contributed by atoms with van der Waals surface area (Å²) >= 11 is 0. The average molecular weight is 336 g/mol. The molecule has 1 aliphatic heterocycles. The fraction of sp³-hybridized carbons (Fsp3) is 0.438. The first-order valence-electron chi connectivity index (χ1n) is 7.53. The zero-order valence-electron chi connectivity index (χ0n) is 13.4. The number of carboxylic acids is 1. The minimum Gasteiger partial charge on any atom is -0.493 e. The van der Waals surface area contributed by atoms with E-state index in [0.717, 1.165) is 0 Å². The average Bonchev–Trinajstić information content (AvgIpc) is 2.59. The molecule has 0 bridgehead atoms. The lowest BCUT2D eigenvalue weighted by molar-refractivity contribution is -0.143. The van der Waals surface area contributed by atoms with Crippen molar-refractivity contribution in [2.24, 2.45) is 11.7 Å². The van der Waals surface area contributed by atoms with Gasteiger partial charge >= 0.3 is 5.97 Å². The van der Waals surface area contributed by atoms with Gasteiger partial charge in [0.15, 0.2) is 18.1 Å². The molecule has 1 saturated heterocycles. The first kappa shape index (κ1) is 17.6. The van der Waals surface area contributed by atoms with Crippen LogP contribution in [0.2, 0.25) is 0 Å². The number of rotatable bonds is 6. The highest BCUT2D eigenvalue weighted by Crippen LogP contribution is 2.29. The molecule has 8 nitrogen and oxygen atoms in total. The monoisotopic (exact) mass is 336 g/mol. The number of methoxy groups -OCH3 is 1. The van der Waals surface area contributed by atoms with Crippen molar-refractivity contribution >= 4 is 17.8 Å². The third-order valence-corrected chi connectivity index (χ3v) is 3.84. The molecule has 0 radical (unpaired) electrons. The van der Waals surface area contributed by atoms with Gasteiger partial charge in [-0.15, -0.1) is 0 Å². The fourth-order valence-electron chi connectivity index (χ4n) is 2.61. The summed E-state index contributed by atoms with van der Waals surface area (Å²) in [5.41, 5.74) is 5.40. The Morgan fingerprint density at radius 3 is 2.71 bits per heavy atom. The molecule has 3 N–H and O–H groups in total. The minimum absolute atomic E-state index is 0.191. The third-order valence-electron chi connectivity index (χ3n) is 3.84. The maximum atomic E-state index is 12.6. The van der Waals surface area contributed by atoms with Crippen LogP contribution in [0, 0.1) is 5.92 Å². The number of benzene rings is 1. The number of amides is 2. The molecule has 130 valence electrons. The van der Waals surface area contributed by atoms with E-state index in [4.69, 9.17) is 20.3 Å². The van der Waals surface area contributed by atoms with Gasteiger partial charge < -0.3 is 25.2 Å². The molecule has 1 fully saturated rings. The van der Waals surface area contributed by atoms with Gasteiger partial charge in [-0.1, -0.05) is 0 Å². The topological polar surface area (TPSA) is 119 Å². The smallest absolute Gasteiger partial charge is 0.308 e. The second kappa shape index (κ2) is 7.67. The second-order valence-electron chi connectivity index (χ2n) is 5.55. The number of piperidine rings is 1. The summed E-state index contributed by atoms with van der Waals surface area (Å²) in [7, 11) is 1.42. The maximum Gasteiger partial charge on any atom is 0.308 e. The van der Waals surface area contributed by atoms with E-state index >= 15 is 0 Å². The standard InChI is InChI=1S/C16H20N2O6/c1-23-13-7-10(4-5-12(13)24-9-14(17)19)15(20)18-6-2-3-11(8-18)16(21)22/h4-5,7,11H,2-3,6,8-9H2,1H3,(H2,17,19)(H,21,22). The molecule has 2 rings (SSSR count). The first-order chi connectivity index (χ1) is 11.4. The Kier molecular flexibility index (Phi) is 5.62. The Hall–Kier alpha value is -2.77. The summed E-state index contributed by atoms with van der Waals surface area (Å²) in [5.74, 6) is -1.71. The van der Waals surface area contributed by atoms with E-state index < -0.39 is 17.8 Å². The Balaban J connectivity index is 2.14. The van der Waals surface area contributed by atoms with E-state index in [0.29, 0.717) is 36.4 Å². The molecule has 24 heavy (non-hydrogen) atoms. The maximum absolute atomic E-state index is 12.6. The number of carbonyl (C=O) groups is 3. The van der Waals surface area contributed by atoms with E-state index in [-0.39, 0.29) is 19.1 Å². The lowest BCUT2D eigenvalue weighted by atomic mass is 9.97. The number of nitrogens with zero attached hydrogens (tertiary/aromatic N) is 1. The molecule has 1 aromatic carbocycles. The number of primary amides is 1. The van der Waals surface area contributed by atoms with Crippen LogP contribution in [0.5, 0.6) is 11.5 Å². The van der Waals surface area contributed by atoms with E-state index in [9.17, 15) is 14.4 Å². The van der Waals surface area contributed by atoms with E-state index in [1.54, 1.807) is 6.07 Å². The van der Waals surface area contributed by atoms with Gasteiger partial charge in [0.05, 0.1) is 13.0 Å². The van der Waals surface area contributed by atoms with Crippen molar-refractivity contribution in [1.82, 2.24) is 4.90 Å². The third kappa shape index (κ3) is 4.15. The summed E-state index contributed by atoms with van der Waals surface area (Å²) in [4.78, 5) is 36.0. The van der Waals surface area contributed by atoms with Crippen LogP contribution in [-0.2, 0) is 9.59 Å². The number of hydrogen-bond acceptors (Lipinski definition) is 5. The van der Waals surface area contributed by atoms with Gasteiger partial charge in [0, 0.05) is 18.7 Å². The summed E-state index contributed by atoms with van der Waals surface area (Å²) in [6.07, 6.45) is 1.22. The lowest BCUT2D eigenvalue weighted by Gasteiger charge is -2.30. The van der Waals surface area contributed by atoms with Crippen molar-refractivity contribution in [1.29, 1.82) is 0 Å². The predicted molar refractivity (Wildman–Crippen MR) is 83.9 cm³/mol. The summed E-state index contributed by atoms with van der Waals surface area (Å²) in [6, 6.07) is 4.57. The molecule has 2 amide bonds. The predicted octanol–water partition coefficient (Wildman–Crippen LogP) is 0.496. The van der Waals surface area contributed by atoms with Crippen molar-refractivity contribution in [3.63, 3.8) is 0 Å². The van der Waals surface area contributed by atoms with Gasteiger partial charge in [0.2, 0.25) is 0 Å². The molecule has 1 unspecified atom stereocenters. The number of aliphatic carboxylic acids is 1. The summed E-state index contributed by atoms with van der Waals surface area (Å²) < 4.78 is 10.4. The summed E-state index contributed by atoms with van der Waals surface area (Å²) in [5, 5.41) is 9.12. The molecule has 0 spiro atoms. The largest absolute Gasteiger partial charge is 0.493 e. The Labute approximate surface area is 139 Å². The first-order valence-corrected chi connectivity index (χ1v) is 7.53. The highest BCUT2D eigenvalue weighted by Gasteiger charge is 2.29. The number of ether oxygens (including phenoxy) is 2. The highest BCUT2D eigenvalue weighted by atomic mass is 16.5. The van der Waals surface area contributed by atoms with Crippen molar-refractivity contribution < 1.29 is 29.0 Å². The van der Waals surface area contributed by atoms with Gasteiger partial charge in [0.1, 0.15) is 0 Å². The molecule has 1 aromatic rings. The Morgan fingerprint density at radius 1 is 1.33 bits per heavy atom. The van der Waals surface area contributed by atoms with E-state index in [2.05, 4.69) is 0 Å². The van der Waals surface area contributed by atoms with Crippen LogP contribution < -0.4 is 15.2 Å². The molecule has 1 aliphatic rings. The van der Waals surface area contributed by atoms with Crippen LogP contribution in [0.25, 0.3) is 0 Å². The van der Waals surface area contributed by atoms with Gasteiger partial charge in [-0.05, 0) is 31.0 Å². The molecular formula is C16H20N2O6. The lowest BCUT2D eigenvalue weighted by Crippen LogP contribution is -2.42. The number of carbonyl (C=O) groups excluding carboxylic acids is 2. The minimum atomic E-state index is -0.889. The van der Waals surface area contributed by atoms with Crippen LogP contribution in [0.4, 0.5) is 0 Å². The van der Waals surface area contributed by atoms with Crippen LogP contribution in [0.3, 0.4) is 0 Å². The number of carboxylic acid groups (broad SMARTS) is 1. The van der Waals surface area contributed by atoms with Crippen LogP contribution >= 0.6 is 0 Å². The molecule has 1 atom stereocenters. The zero-order valence-corrected chi connectivity index (χ0v) is 13.4. The van der Waals surface area contributed by atoms with Crippen molar-refractivity contribution in [2.45, 2.75) is 12.8 Å². The SMILES string of the molecule is COc1cc(C(=O)N2CCCC(C(=O)O)C2)ccc1OCC(N)=O. The van der Waals surface area contributed by atoms with Gasteiger partial charge in [-0.2, -0.15) is 0 Å². The molecular weight excluding hydrogens is 316 g/mol. The Bertz CT molecular complexity index is 645. The van der Waals surface area contributed by atoms with Crippen LogP contribution in [0.1, 0.15) is 23.2 Å². The van der Waals surface area contributed by atoms with Crippen molar-refractivity contribution in [3.8, 4) is 11.5 Å². The van der Waals surface area contributed by atoms with E-state index in [1.807, 2.05) is 0 Å². The number of likely N-dealkylation sites (tertiary alicyclic amines) is 1. The quantitative estimate of drug-likeness (QED) is 0.780.